The number of nitrogen functional groups attached to an aromatic ring is 1. The summed E-state index contributed by atoms with van der Waals surface area (Å²) in [5.41, 5.74) is 16.6. The summed E-state index contributed by atoms with van der Waals surface area (Å²) in [6, 6.07) is 7.10. The van der Waals surface area contributed by atoms with Crippen LogP contribution in [-0.4, -0.2) is 222 Å². The van der Waals surface area contributed by atoms with Crippen LogP contribution in [0.15, 0.2) is 64.4 Å². The highest BCUT2D eigenvalue weighted by atomic mass is 33.1. The summed E-state index contributed by atoms with van der Waals surface area (Å²) in [6.07, 6.45) is 0.815. The molecule has 122 heavy (non-hydrogen) atoms. The minimum atomic E-state index is -4.52. The van der Waals surface area contributed by atoms with Gasteiger partial charge in [0.25, 0.3) is 39.2 Å². The summed E-state index contributed by atoms with van der Waals surface area (Å²) in [7, 11) is -0.117. The highest BCUT2D eigenvalue weighted by molar-refractivity contribution is 8.76. The lowest BCUT2D eigenvalue weighted by atomic mass is 9.84. The first-order chi connectivity index (χ1) is 58.1. The molecule has 9 heterocycles. The second kappa shape index (κ2) is 39.4. The molecule has 8 amide bonds. The van der Waals surface area contributed by atoms with Crippen LogP contribution in [0.5, 0.6) is 0 Å². The first kappa shape index (κ1) is 89.7. The van der Waals surface area contributed by atoms with E-state index < -0.39 is 141 Å². The van der Waals surface area contributed by atoms with Gasteiger partial charge >= 0.3 is 23.7 Å². The number of esters is 1. The van der Waals surface area contributed by atoms with E-state index in [4.69, 9.17) is 29.7 Å². The number of aliphatic carboxylic acids is 1. The number of benzene rings is 1. The predicted molar refractivity (Wildman–Crippen MR) is 442 cm³/mol. The van der Waals surface area contributed by atoms with Gasteiger partial charge in [0.1, 0.15) is 36.3 Å². The normalized spacial score (nSPS) is 16.1. The maximum absolute atomic E-state index is 14.7. The molecule has 8 bridgehead atoms. The highest BCUT2D eigenvalue weighted by Gasteiger charge is 2.46. The van der Waals surface area contributed by atoms with Gasteiger partial charge in [0, 0.05) is 137 Å². The van der Waals surface area contributed by atoms with E-state index in [0.29, 0.717) is 72.7 Å². The Kier molecular flexibility index (Phi) is 29.0. The van der Waals surface area contributed by atoms with Crippen molar-refractivity contribution in [2.45, 2.75) is 147 Å². The zero-order chi connectivity index (χ0) is 88.1. The van der Waals surface area contributed by atoms with Crippen LogP contribution in [-0.2, 0) is 66.7 Å². The SMILES string of the molecule is CC[C@H]1c2cc3[nH]c4c(c3C)C(=O)C(C(=O)OC)c4c3nc(cc4[nH]c(cc(n2)[C@@H]1C)c(C(C)=O)c4C)[C@@H](C)[C@@H]3CCC(=O)NCCCC(NC(=O)c1cn2c(=O)n(C)nnc2n1)C(=O)NNC(=O)OCCSSC[C@H](NC(=O)[C@H](CC(=O)NCCS(=O)(=O)O)NC(=O)CCCNC(=O)c1ccc(NCc2cnc3nc(N)[nH]c(=O)c3n2)cc1)C(=O)O. The van der Waals surface area contributed by atoms with E-state index in [1.807, 2.05) is 32.0 Å². The van der Waals surface area contributed by atoms with Crippen molar-refractivity contribution in [2.75, 3.05) is 61.7 Å². The molecular formula is C76H89N23O20S3. The molecular weight excluding hydrogens is 1650 g/mol. The number of fused-ring (bicyclic) bond motifs is 10. The number of carbonyl (C=O) groups excluding carboxylic acids is 11. The minimum Gasteiger partial charge on any atom is -0.480 e. The van der Waals surface area contributed by atoms with E-state index >= 15 is 0 Å². The number of aromatic amines is 3. The molecule has 0 radical (unpaired) electrons. The molecule has 2 aliphatic heterocycles. The number of Topliss-reactive ketones (excluding diaryl/α,β-unsaturated/α-hetero) is 2. The average Bonchev–Trinajstić information content (AvgIpc) is 1.56. The molecule has 7 aromatic heterocycles. The Balaban J connectivity index is 0.673. The Hall–Kier alpha value is -13.1. The Morgan fingerprint density at radius 2 is 1.44 bits per heavy atom. The molecule has 46 heteroatoms. The van der Waals surface area contributed by atoms with Gasteiger partial charge in [-0.15, -0.1) is 0 Å². The van der Waals surface area contributed by atoms with Crippen molar-refractivity contribution >= 4 is 153 Å². The van der Waals surface area contributed by atoms with Crippen molar-refractivity contribution in [3.8, 4) is 0 Å². The van der Waals surface area contributed by atoms with Crippen LogP contribution in [0.3, 0.4) is 0 Å². The number of anilines is 2. The second-order valence-corrected chi connectivity index (χ2v) is 33.2. The highest BCUT2D eigenvalue weighted by Crippen LogP contribution is 2.49. The number of carbonyl (C=O) groups is 12. The van der Waals surface area contributed by atoms with Crippen LogP contribution < -0.4 is 65.1 Å². The molecule has 2 unspecified atom stereocenters. The third-order valence-corrected chi connectivity index (χ3v) is 23.8. The molecule has 0 saturated heterocycles. The van der Waals surface area contributed by atoms with E-state index in [2.05, 4.69) is 107 Å². The average molecular weight is 1740 g/mol. The van der Waals surface area contributed by atoms with E-state index in [1.54, 1.807) is 19.1 Å². The van der Waals surface area contributed by atoms with Crippen LogP contribution >= 0.6 is 21.6 Å². The number of imidazole rings is 1. The topological polar surface area (TPSA) is 626 Å². The zero-order valence-corrected chi connectivity index (χ0v) is 69.6. The van der Waals surface area contributed by atoms with Gasteiger partial charge < -0.3 is 67.5 Å². The summed E-state index contributed by atoms with van der Waals surface area (Å²) < 4.78 is 44.1. The van der Waals surface area contributed by atoms with Crippen LogP contribution in [0.1, 0.15) is 195 Å². The van der Waals surface area contributed by atoms with Crippen LogP contribution in [0.4, 0.5) is 16.4 Å². The number of ether oxygens (including phenoxy) is 2. The van der Waals surface area contributed by atoms with Crippen molar-refractivity contribution in [3.63, 3.8) is 0 Å². The molecule has 43 nitrogen and oxygen atoms in total. The first-order valence-corrected chi connectivity index (χ1v) is 42.6. The summed E-state index contributed by atoms with van der Waals surface area (Å²) >= 11 is 0. The lowest BCUT2D eigenvalue weighted by Crippen LogP contribution is -2.53. The van der Waals surface area contributed by atoms with Crippen molar-refractivity contribution in [1.82, 2.24) is 107 Å². The fraction of sp³-hybridized carbons (Fsp3) is 0.421. The molecule has 1 aliphatic carbocycles. The van der Waals surface area contributed by atoms with E-state index in [9.17, 15) is 80.6 Å². The van der Waals surface area contributed by atoms with Crippen LogP contribution in [0.25, 0.3) is 39.0 Å². The van der Waals surface area contributed by atoms with Crippen LogP contribution in [0, 0.1) is 13.8 Å². The monoisotopic (exact) mass is 1740 g/mol. The first-order valence-electron chi connectivity index (χ1n) is 38.5. The van der Waals surface area contributed by atoms with Crippen molar-refractivity contribution in [2.24, 2.45) is 7.05 Å². The Morgan fingerprint density at radius 3 is 2.16 bits per heavy atom. The molecule has 0 saturated carbocycles. The lowest BCUT2D eigenvalue weighted by molar-refractivity contribution is -0.142. The summed E-state index contributed by atoms with van der Waals surface area (Å²) in [5.74, 6) is -12.8. The number of aryl methyl sites for hydroxylation is 3. The number of aromatic nitrogens is 13. The smallest absolute Gasteiger partial charge is 0.426 e. The van der Waals surface area contributed by atoms with Gasteiger partial charge in [0.15, 0.2) is 22.7 Å². The number of nitrogens with zero attached hydrogens (tertiary/aromatic N) is 10. The predicted octanol–water partition coefficient (Wildman–Crippen LogP) is 2.40. The maximum atomic E-state index is 14.7. The number of nitrogens with two attached hydrogens (primary N) is 1. The number of hydrogen-bond donors (Lipinski definition) is 15. The number of carboxylic acid groups (broad SMARTS) is 1. The van der Waals surface area contributed by atoms with E-state index in [-0.39, 0.29) is 128 Å². The molecule has 16 N–H and O–H groups in total. The molecule has 8 aromatic rings. The molecule has 1 aromatic carbocycles. The van der Waals surface area contributed by atoms with Crippen molar-refractivity contribution in [3.05, 3.63) is 143 Å². The number of carboxylic acids is 1. The number of hydrogen-bond acceptors (Lipinski definition) is 30. The number of rotatable bonds is 36. The van der Waals surface area contributed by atoms with Gasteiger partial charge in [-0.3, -0.25) is 77.7 Å². The van der Waals surface area contributed by atoms with Gasteiger partial charge in [0.05, 0.1) is 54.4 Å². The quantitative estimate of drug-likeness (QED) is 0.00510. The summed E-state index contributed by atoms with van der Waals surface area (Å²) in [6.45, 7) is 10.3. The third-order valence-electron chi connectivity index (χ3n) is 20.7. The largest absolute Gasteiger partial charge is 0.480 e. The third kappa shape index (κ3) is 21.5. The Bertz CT molecular complexity index is 5910. The van der Waals surface area contributed by atoms with Gasteiger partial charge in [-0.2, -0.15) is 18.1 Å². The number of H-pyrrole nitrogens is 3. The standard InChI is InChI=1S/C76H89N23O20S3/c1-9-42-34(2)45-28-50-57(38(6)100)36(4)47(85-50)26-46-35(3)43(61(87-46)59-60(72(112)118-8)64(104)58-37(5)48(88-62(58)59)27-49(42)84-45)18-19-54(101)78-20-10-12-44(89-68(107)52-32-99-74(91-52)95-97-98(7)76(99)114)69(108)94-96-75(113)119-23-24-120-121-33-53(71(110)111)90-67(106)51(29-56(103)79-22-25-122(115,116)117)86-55(102)13-11-21-80-66(105)39-14-16-40(17-15-39)81-30-41-31-82-65-63(83-41)70(109)93-73(77)92-65/h14-17,26-28,31-32,34-35,42-44,51,53,60,81,85,88H,9-13,18-25,29-30,33H2,1-8H3,(H,78,101)(H,79,103)(H,80,105)(H,86,102)(H,89,107)(H,90,106)(H,94,108)(H,96,113)(H,110,111)(H,115,116,117)(H3,77,82,92,93,109)/t34-,35+,42-,43+,44?,51+,53+,60?/m1/s1. The molecule has 0 spiro atoms. The number of methoxy groups -OCH3 is 1. The number of hydrazine groups is 1. The fourth-order valence-corrected chi connectivity index (χ4v) is 16.7. The van der Waals surface area contributed by atoms with E-state index in [1.165, 1.54) is 39.4 Å². The van der Waals surface area contributed by atoms with Gasteiger partial charge in [-0.1, -0.05) is 52.7 Å². The van der Waals surface area contributed by atoms with Gasteiger partial charge in [-0.25, -0.2) is 39.2 Å². The molecule has 646 valence electrons. The molecule has 11 rings (SSSR count). The number of amides is 8. The van der Waals surface area contributed by atoms with Crippen LogP contribution in [0.2, 0.25) is 0 Å². The molecule has 0 fully saturated rings. The molecule has 3 aliphatic rings. The van der Waals surface area contributed by atoms with Crippen molar-refractivity contribution in [1.29, 1.82) is 0 Å². The lowest BCUT2D eigenvalue weighted by Gasteiger charge is -2.21. The van der Waals surface area contributed by atoms with E-state index in [0.717, 1.165) is 54.7 Å². The minimum absolute atomic E-state index is 0.000442. The second-order valence-electron chi connectivity index (χ2n) is 29.0. The Labute approximate surface area is 700 Å². The van der Waals surface area contributed by atoms with Gasteiger partial charge in [0.2, 0.25) is 29.6 Å². The fourth-order valence-electron chi connectivity index (χ4n) is 14.4. The maximum Gasteiger partial charge on any atom is 0.426 e. The Morgan fingerprint density at radius 1 is 0.738 bits per heavy atom. The van der Waals surface area contributed by atoms with Crippen molar-refractivity contribution < 1.29 is 85.1 Å². The number of nitrogens with one attached hydrogen (secondary N) is 12. The zero-order valence-electron chi connectivity index (χ0n) is 67.1. The number of ketones is 2. The molecule has 8 atom stereocenters. The summed E-state index contributed by atoms with van der Waals surface area (Å²) in [5, 5.41) is 35.6. The van der Waals surface area contributed by atoms with Gasteiger partial charge in [-0.05, 0) is 106 Å². The summed E-state index contributed by atoms with van der Waals surface area (Å²) in [4.78, 5) is 223.